The lowest BCUT2D eigenvalue weighted by atomic mass is 9.59. The molecule has 0 saturated carbocycles. The molecule has 0 aliphatic heterocycles. The third kappa shape index (κ3) is 2.81. The molecule has 0 fully saturated rings. The molecule has 2 N–H and O–H groups in total. The van der Waals surface area contributed by atoms with Gasteiger partial charge in [0, 0.05) is 34.8 Å². The first-order valence-corrected chi connectivity index (χ1v) is 13.0. The minimum Gasteiger partial charge on any atom is -0.504 e. The number of hydrogen-bond donors (Lipinski definition) is 2. The number of furan rings is 2. The summed E-state index contributed by atoms with van der Waals surface area (Å²) in [4.78, 5) is 0. The highest BCUT2D eigenvalue weighted by molar-refractivity contribution is 5.92. The maximum Gasteiger partial charge on any atom is 0.176 e. The Balaban J connectivity index is 1.52. The van der Waals surface area contributed by atoms with Crippen molar-refractivity contribution < 1.29 is 19.0 Å². The van der Waals surface area contributed by atoms with Gasteiger partial charge in [-0.3, -0.25) is 0 Å². The predicted molar refractivity (Wildman–Crippen MR) is 133 cm³/mol. The Labute approximate surface area is 201 Å². The van der Waals surface area contributed by atoms with E-state index >= 15 is 0 Å². The van der Waals surface area contributed by atoms with E-state index < -0.39 is 6.10 Å². The van der Waals surface area contributed by atoms with Gasteiger partial charge in [0.25, 0.3) is 0 Å². The first kappa shape index (κ1) is 22.0. The Morgan fingerprint density at radius 3 is 2.74 bits per heavy atom. The predicted octanol–water partition coefficient (Wildman–Crippen LogP) is 7.33. The molecule has 2 heterocycles. The summed E-state index contributed by atoms with van der Waals surface area (Å²) in [5, 5.41) is 23.7. The zero-order chi connectivity index (χ0) is 23.9. The summed E-state index contributed by atoms with van der Waals surface area (Å²) < 4.78 is 12.4. The van der Waals surface area contributed by atoms with Crippen molar-refractivity contribution in [3.05, 3.63) is 62.8 Å². The summed E-state index contributed by atoms with van der Waals surface area (Å²) in [6.45, 7) is 10.9. The van der Waals surface area contributed by atoms with Gasteiger partial charge in [0.15, 0.2) is 11.3 Å². The van der Waals surface area contributed by atoms with Crippen LogP contribution in [0.1, 0.15) is 103 Å². The maximum atomic E-state index is 11.7. The van der Waals surface area contributed by atoms with Crippen molar-refractivity contribution in [3.63, 3.8) is 0 Å². The number of aliphatic hydroxyl groups excluding tert-OH is 1. The highest BCUT2D eigenvalue weighted by Gasteiger charge is 2.49. The molecule has 34 heavy (non-hydrogen) atoms. The smallest absolute Gasteiger partial charge is 0.176 e. The van der Waals surface area contributed by atoms with Gasteiger partial charge in [-0.25, -0.2) is 0 Å². The van der Waals surface area contributed by atoms with Crippen LogP contribution < -0.4 is 0 Å². The Bertz CT molecular complexity index is 1340. The van der Waals surface area contributed by atoms with Gasteiger partial charge in [-0.05, 0) is 80.0 Å². The summed E-state index contributed by atoms with van der Waals surface area (Å²) in [5.74, 6) is 3.00. The van der Waals surface area contributed by atoms with Crippen LogP contribution >= 0.6 is 0 Å². The Kier molecular flexibility index (Phi) is 4.87. The van der Waals surface area contributed by atoms with E-state index in [2.05, 4.69) is 40.7 Å². The van der Waals surface area contributed by atoms with Gasteiger partial charge >= 0.3 is 0 Å². The van der Waals surface area contributed by atoms with E-state index in [1.54, 1.807) is 6.26 Å². The Hall–Kier alpha value is -2.46. The number of aryl methyl sites for hydroxylation is 1. The second-order valence-electron chi connectivity index (χ2n) is 11.4. The summed E-state index contributed by atoms with van der Waals surface area (Å²) in [7, 11) is 0. The normalized spacial score (nSPS) is 28.4. The molecule has 0 bridgehead atoms. The van der Waals surface area contributed by atoms with Crippen molar-refractivity contribution in [2.24, 2.45) is 11.3 Å². The Morgan fingerprint density at radius 2 is 1.94 bits per heavy atom. The van der Waals surface area contributed by atoms with E-state index in [1.165, 1.54) is 16.7 Å². The molecule has 0 spiro atoms. The fourth-order valence-corrected chi connectivity index (χ4v) is 7.32. The molecule has 3 aromatic rings. The number of hydrogen-bond acceptors (Lipinski definition) is 4. The van der Waals surface area contributed by atoms with Gasteiger partial charge in [0.1, 0.15) is 11.5 Å². The van der Waals surface area contributed by atoms with Crippen LogP contribution in [0.25, 0.3) is 11.0 Å². The first-order chi connectivity index (χ1) is 16.2. The number of aromatic hydroxyl groups is 1. The lowest BCUT2D eigenvalue weighted by Gasteiger charge is -2.47. The fourth-order valence-electron chi connectivity index (χ4n) is 7.32. The molecular weight excluding hydrogens is 424 g/mol. The van der Waals surface area contributed by atoms with Crippen LogP contribution in [0.3, 0.4) is 0 Å². The molecule has 2 aromatic heterocycles. The van der Waals surface area contributed by atoms with Crippen molar-refractivity contribution in [3.8, 4) is 5.75 Å². The largest absolute Gasteiger partial charge is 0.504 e. The molecule has 4 heteroatoms. The summed E-state index contributed by atoms with van der Waals surface area (Å²) >= 11 is 0. The van der Waals surface area contributed by atoms with Crippen molar-refractivity contribution in [1.29, 1.82) is 0 Å². The summed E-state index contributed by atoms with van der Waals surface area (Å²) in [6, 6.07) is 0. The topological polar surface area (TPSA) is 66.7 Å². The molecule has 0 amide bonds. The molecule has 0 saturated heterocycles. The van der Waals surface area contributed by atoms with E-state index in [0.717, 1.165) is 77.7 Å². The molecule has 0 unspecified atom stereocenters. The minimum atomic E-state index is -0.543. The highest BCUT2D eigenvalue weighted by atomic mass is 16.4. The maximum absolute atomic E-state index is 11.7. The zero-order valence-corrected chi connectivity index (χ0v) is 21.0. The van der Waals surface area contributed by atoms with Crippen molar-refractivity contribution in [2.45, 2.75) is 91.6 Å². The van der Waals surface area contributed by atoms with Crippen LogP contribution in [0.4, 0.5) is 0 Å². The van der Waals surface area contributed by atoms with Crippen LogP contribution in [-0.4, -0.2) is 10.2 Å². The average molecular weight is 461 g/mol. The molecule has 180 valence electrons. The van der Waals surface area contributed by atoms with Gasteiger partial charge in [-0.15, -0.1) is 0 Å². The van der Waals surface area contributed by atoms with Crippen LogP contribution in [-0.2, 0) is 19.3 Å². The molecular formula is C30H36O4. The summed E-state index contributed by atoms with van der Waals surface area (Å²) in [6.07, 6.45) is 10.3. The second kappa shape index (κ2) is 7.52. The number of benzene rings is 1. The second-order valence-corrected chi connectivity index (χ2v) is 11.4. The number of phenolic OH excluding ortho intramolecular Hbond substituents is 1. The number of rotatable bonds is 2. The highest BCUT2D eigenvalue weighted by Crippen LogP contribution is 2.57. The lowest BCUT2D eigenvalue weighted by molar-refractivity contribution is 0.00629. The van der Waals surface area contributed by atoms with Crippen molar-refractivity contribution >= 4 is 11.0 Å². The van der Waals surface area contributed by atoms with Gasteiger partial charge in [0.2, 0.25) is 0 Å². The molecule has 6 rings (SSSR count). The number of phenols is 1. The molecule has 0 radical (unpaired) electrons. The number of aliphatic hydroxyl groups is 1. The molecule has 4 nitrogen and oxygen atoms in total. The van der Waals surface area contributed by atoms with Gasteiger partial charge in [-0.1, -0.05) is 32.4 Å². The third-order valence-corrected chi connectivity index (χ3v) is 9.59. The Morgan fingerprint density at radius 1 is 1.15 bits per heavy atom. The molecule has 3 aliphatic carbocycles. The van der Waals surface area contributed by atoms with Crippen LogP contribution in [0.15, 0.2) is 26.7 Å². The average Bonchev–Trinajstić information content (AvgIpc) is 3.34. The van der Waals surface area contributed by atoms with Crippen LogP contribution in [0, 0.1) is 25.2 Å². The van der Waals surface area contributed by atoms with Gasteiger partial charge in [-0.2, -0.15) is 0 Å². The minimum absolute atomic E-state index is 0.224. The van der Waals surface area contributed by atoms with Gasteiger partial charge in [0.05, 0.1) is 12.4 Å². The van der Waals surface area contributed by atoms with E-state index in [4.69, 9.17) is 8.83 Å². The number of fused-ring (bicyclic) bond motifs is 4. The number of allylic oxidation sites excluding steroid dienone is 1. The standard InChI is InChI=1S/C30H36O4/c1-15-8-6-11-20-24(15)21(25-16(2)14-33-28(25)27(20)31)13-22-18(4)26-23(34-22)12-19-10-7-9-17(3)30(19,5)29(26)32/h10,14-15,17,29,31-32H,6-9,11-13H2,1-5H3/t15-,17-,29+,30+/m0/s1. The van der Waals surface area contributed by atoms with Crippen molar-refractivity contribution in [2.75, 3.05) is 0 Å². The van der Waals surface area contributed by atoms with Crippen LogP contribution in [0.2, 0.25) is 0 Å². The molecule has 4 atom stereocenters. The monoisotopic (exact) mass is 460 g/mol. The van der Waals surface area contributed by atoms with Crippen LogP contribution in [0.5, 0.6) is 5.75 Å². The third-order valence-electron chi connectivity index (χ3n) is 9.59. The zero-order valence-electron chi connectivity index (χ0n) is 21.0. The molecule has 1 aromatic carbocycles. The van der Waals surface area contributed by atoms with E-state index in [-0.39, 0.29) is 5.41 Å². The SMILES string of the molecule is Cc1c(Cc2c3c(c(O)c4occ(C)c24)CCC[C@@H]3C)oc2c1[C@@H](O)[C@@]1(C)C(=CCC[C@@H]1C)C2. The fraction of sp³-hybridized carbons (Fsp3) is 0.533. The lowest BCUT2D eigenvalue weighted by Crippen LogP contribution is -2.40. The molecule has 3 aliphatic rings. The van der Waals surface area contributed by atoms with Gasteiger partial charge < -0.3 is 19.0 Å². The van der Waals surface area contributed by atoms with Crippen molar-refractivity contribution in [1.82, 2.24) is 0 Å². The quantitative estimate of drug-likeness (QED) is 0.393. The summed E-state index contributed by atoms with van der Waals surface area (Å²) in [5.41, 5.74) is 8.38. The van der Waals surface area contributed by atoms with E-state index in [1.807, 2.05) is 0 Å². The van der Waals surface area contributed by atoms with E-state index in [9.17, 15) is 10.2 Å². The van der Waals surface area contributed by atoms with E-state index in [0.29, 0.717) is 29.6 Å². The first-order valence-electron chi connectivity index (χ1n) is 13.0.